The van der Waals surface area contributed by atoms with E-state index in [-0.39, 0.29) is 12.4 Å². The fraction of sp³-hybridized carbons (Fsp3) is 0.118. The molecule has 0 unspecified atom stereocenters. The van der Waals surface area contributed by atoms with Crippen LogP contribution in [-0.2, 0) is 6.54 Å². The largest absolute Gasteiger partial charge is 0.329 e. The molecule has 0 aliphatic heterocycles. The summed E-state index contributed by atoms with van der Waals surface area (Å²) in [7, 11) is 0. The van der Waals surface area contributed by atoms with Gasteiger partial charge in [-0.05, 0) is 30.5 Å². The van der Waals surface area contributed by atoms with E-state index in [1.54, 1.807) is 17.5 Å². The van der Waals surface area contributed by atoms with E-state index in [4.69, 9.17) is 0 Å². The number of halogens is 1. The van der Waals surface area contributed by atoms with Crippen molar-refractivity contribution >= 4 is 33.8 Å². The second-order valence-corrected chi connectivity index (χ2v) is 6.27. The van der Waals surface area contributed by atoms with E-state index in [2.05, 4.69) is 56.1 Å². The first kappa shape index (κ1) is 15.6. The quantitative estimate of drug-likeness (QED) is 0.556. The van der Waals surface area contributed by atoms with Crippen LogP contribution in [0.5, 0.6) is 0 Å². The number of aryl methyl sites for hydroxylation is 1. The monoisotopic (exact) mass is 342 g/mol. The van der Waals surface area contributed by atoms with Crippen LogP contribution >= 0.6 is 23.7 Å². The molecule has 0 N–H and O–H groups in total. The highest BCUT2D eigenvalue weighted by atomic mass is 35.5. The molecule has 3 aromatic heterocycles. The number of thiophene rings is 1. The van der Waals surface area contributed by atoms with Gasteiger partial charge in [-0.2, -0.15) is 10.2 Å². The van der Waals surface area contributed by atoms with Crippen molar-refractivity contribution in [2.45, 2.75) is 13.5 Å². The third-order valence-electron chi connectivity index (χ3n) is 3.67. The van der Waals surface area contributed by atoms with Gasteiger partial charge < -0.3 is 4.57 Å². The van der Waals surface area contributed by atoms with Crippen LogP contribution in [0.3, 0.4) is 0 Å². The summed E-state index contributed by atoms with van der Waals surface area (Å²) in [6, 6.07) is 12.7. The second-order valence-electron chi connectivity index (χ2n) is 5.19. The summed E-state index contributed by atoms with van der Waals surface area (Å²) < 4.78 is 3.36. The van der Waals surface area contributed by atoms with E-state index in [1.807, 2.05) is 19.3 Å². The molecule has 0 saturated carbocycles. The van der Waals surface area contributed by atoms with Crippen molar-refractivity contribution < 1.29 is 0 Å². The Labute approximate surface area is 144 Å². The zero-order chi connectivity index (χ0) is 14.9. The molecule has 4 nitrogen and oxygen atoms in total. The summed E-state index contributed by atoms with van der Waals surface area (Å²) in [6.07, 6.45) is 5.59. The molecule has 0 amide bonds. The minimum Gasteiger partial charge on any atom is -0.329 e. The van der Waals surface area contributed by atoms with Gasteiger partial charge in [0.15, 0.2) is 0 Å². The normalized spacial score (nSPS) is 10.7. The van der Waals surface area contributed by atoms with Crippen LogP contribution in [-0.4, -0.2) is 19.7 Å². The van der Waals surface area contributed by atoms with Crippen LogP contribution < -0.4 is 0 Å². The molecule has 0 fully saturated rings. The van der Waals surface area contributed by atoms with Crippen LogP contribution in [0.1, 0.15) is 11.5 Å². The fourth-order valence-corrected chi connectivity index (χ4v) is 3.54. The van der Waals surface area contributed by atoms with Gasteiger partial charge in [-0.15, -0.1) is 23.7 Å². The zero-order valence-corrected chi connectivity index (χ0v) is 14.1. The predicted octanol–water partition coefficient (Wildman–Crippen LogP) is 4.33. The molecule has 3 heterocycles. The lowest BCUT2D eigenvalue weighted by atomic mass is 10.2. The first-order chi connectivity index (χ1) is 10.8. The highest BCUT2D eigenvalue weighted by molar-refractivity contribution is 7.22. The molecule has 0 atom stereocenters. The van der Waals surface area contributed by atoms with Crippen LogP contribution in [0.4, 0.5) is 0 Å². The molecule has 4 rings (SSSR count). The Hall–Kier alpha value is -2.24. The molecular weight excluding hydrogens is 328 g/mol. The summed E-state index contributed by atoms with van der Waals surface area (Å²) in [5, 5.41) is 9.67. The van der Waals surface area contributed by atoms with Crippen molar-refractivity contribution in [1.82, 2.24) is 19.7 Å². The maximum absolute atomic E-state index is 4.24. The molecule has 0 aliphatic carbocycles. The van der Waals surface area contributed by atoms with Gasteiger partial charge in [-0.1, -0.05) is 18.2 Å². The SMILES string of the molecule is Cc1nccn1Cc1cc(-c2cc3ccccc3s2)cnn1.Cl. The molecule has 0 bridgehead atoms. The first-order valence-electron chi connectivity index (χ1n) is 7.08. The van der Waals surface area contributed by atoms with Gasteiger partial charge in [0, 0.05) is 27.5 Å². The predicted molar refractivity (Wildman–Crippen MR) is 96.2 cm³/mol. The van der Waals surface area contributed by atoms with E-state index >= 15 is 0 Å². The van der Waals surface area contributed by atoms with Crippen LogP contribution in [0.2, 0.25) is 0 Å². The molecule has 0 radical (unpaired) electrons. The van der Waals surface area contributed by atoms with Gasteiger partial charge in [-0.3, -0.25) is 0 Å². The minimum atomic E-state index is 0. The highest BCUT2D eigenvalue weighted by Gasteiger charge is 2.07. The number of rotatable bonds is 3. The average Bonchev–Trinajstić information content (AvgIpc) is 3.14. The number of fused-ring (bicyclic) bond motifs is 1. The van der Waals surface area contributed by atoms with Gasteiger partial charge >= 0.3 is 0 Å². The second kappa shape index (κ2) is 6.48. The van der Waals surface area contributed by atoms with Crippen LogP contribution in [0.25, 0.3) is 20.5 Å². The Morgan fingerprint density at radius 1 is 1.17 bits per heavy atom. The molecule has 116 valence electrons. The number of hydrogen-bond donors (Lipinski definition) is 0. The van der Waals surface area contributed by atoms with E-state index in [9.17, 15) is 0 Å². The average molecular weight is 343 g/mol. The molecule has 0 spiro atoms. The van der Waals surface area contributed by atoms with Gasteiger partial charge in [0.25, 0.3) is 0 Å². The number of aromatic nitrogens is 4. The summed E-state index contributed by atoms with van der Waals surface area (Å²) in [4.78, 5) is 5.46. The van der Waals surface area contributed by atoms with Crippen LogP contribution in [0, 0.1) is 6.92 Å². The third kappa shape index (κ3) is 3.11. The molecule has 0 saturated heterocycles. The maximum Gasteiger partial charge on any atom is 0.105 e. The van der Waals surface area contributed by atoms with Crippen LogP contribution in [0.15, 0.2) is 55.0 Å². The summed E-state index contributed by atoms with van der Waals surface area (Å²) in [5.74, 6) is 0.981. The molecule has 4 aromatic rings. The van der Waals surface area contributed by atoms with Gasteiger partial charge in [0.1, 0.15) is 5.82 Å². The molecular formula is C17H15ClN4S. The lowest BCUT2D eigenvalue weighted by Gasteiger charge is -2.05. The highest BCUT2D eigenvalue weighted by Crippen LogP contribution is 2.33. The summed E-state index contributed by atoms with van der Waals surface area (Å²) in [5.41, 5.74) is 2.06. The molecule has 0 aliphatic rings. The summed E-state index contributed by atoms with van der Waals surface area (Å²) in [6.45, 7) is 2.68. The number of hydrogen-bond acceptors (Lipinski definition) is 4. The van der Waals surface area contributed by atoms with Crippen molar-refractivity contribution in [1.29, 1.82) is 0 Å². The van der Waals surface area contributed by atoms with Gasteiger partial charge in [0.05, 0.1) is 18.4 Å². The zero-order valence-electron chi connectivity index (χ0n) is 12.5. The maximum atomic E-state index is 4.24. The van der Waals surface area contributed by atoms with E-state index in [0.717, 1.165) is 17.1 Å². The Balaban J connectivity index is 0.00000156. The van der Waals surface area contributed by atoms with Crippen molar-refractivity contribution in [2.75, 3.05) is 0 Å². The Morgan fingerprint density at radius 2 is 2.04 bits per heavy atom. The van der Waals surface area contributed by atoms with E-state index in [0.29, 0.717) is 6.54 Å². The van der Waals surface area contributed by atoms with Crippen molar-refractivity contribution in [3.8, 4) is 10.4 Å². The molecule has 1 aromatic carbocycles. The van der Waals surface area contributed by atoms with Gasteiger partial charge in [0.2, 0.25) is 0 Å². The van der Waals surface area contributed by atoms with Crippen molar-refractivity contribution in [2.24, 2.45) is 0 Å². The Kier molecular flexibility index (Phi) is 4.41. The number of nitrogens with zero attached hydrogens (tertiary/aromatic N) is 4. The Bertz CT molecular complexity index is 911. The lowest BCUT2D eigenvalue weighted by Crippen LogP contribution is -2.03. The van der Waals surface area contributed by atoms with E-state index < -0.39 is 0 Å². The Morgan fingerprint density at radius 3 is 2.83 bits per heavy atom. The van der Waals surface area contributed by atoms with Crippen molar-refractivity contribution in [3.63, 3.8) is 0 Å². The first-order valence-corrected chi connectivity index (χ1v) is 7.89. The summed E-state index contributed by atoms with van der Waals surface area (Å²) >= 11 is 1.78. The molecule has 6 heteroatoms. The van der Waals surface area contributed by atoms with E-state index in [1.165, 1.54) is 15.0 Å². The van der Waals surface area contributed by atoms with Gasteiger partial charge in [-0.25, -0.2) is 4.98 Å². The van der Waals surface area contributed by atoms with Crippen molar-refractivity contribution in [3.05, 3.63) is 66.5 Å². The number of imidazole rings is 1. The third-order valence-corrected chi connectivity index (χ3v) is 4.84. The smallest absolute Gasteiger partial charge is 0.105 e. The molecule has 23 heavy (non-hydrogen) atoms. The minimum absolute atomic E-state index is 0. The topological polar surface area (TPSA) is 43.6 Å². The lowest BCUT2D eigenvalue weighted by molar-refractivity contribution is 0.727. The fourth-order valence-electron chi connectivity index (χ4n) is 2.49. The number of benzene rings is 1. The standard InChI is InChI=1S/C17H14N4S.ClH/c1-12-18-6-7-21(12)11-15-8-14(10-19-20-15)17-9-13-4-2-3-5-16(13)22-17;/h2-10H,11H2,1H3;1H.